The van der Waals surface area contributed by atoms with E-state index in [9.17, 15) is 0 Å². The molecule has 0 aliphatic heterocycles. The number of nitrogens with one attached hydrogen (secondary N) is 1. The van der Waals surface area contributed by atoms with Gasteiger partial charge in [0.25, 0.3) is 0 Å². The van der Waals surface area contributed by atoms with E-state index in [1.54, 1.807) is 7.11 Å². The van der Waals surface area contributed by atoms with Gasteiger partial charge in [0.05, 0.1) is 7.11 Å². The van der Waals surface area contributed by atoms with Gasteiger partial charge in [0.2, 0.25) is 0 Å². The van der Waals surface area contributed by atoms with Crippen LogP contribution >= 0.6 is 15.9 Å². The van der Waals surface area contributed by atoms with Crippen LogP contribution in [0.4, 0.5) is 0 Å². The van der Waals surface area contributed by atoms with Gasteiger partial charge in [0.15, 0.2) is 0 Å². The van der Waals surface area contributed by atoms with Gasteiger partial charge in [-0.2, -0.15) is 0 Å². The predicted octanol–water partition coefficient (Wildman–Crippen LogP) is 3.35. The molecular formula is C13H20BrNO. The van der Waals surface area contributed by atoms with Crippen LogP contribution in [0.25, 0.3) is 0 Å². The number of rotatable bonds is 7. The molecule has 1 atom stereocenters. The van der Waals surface area contributed by atoms with Gasteiger partial charge in [-0.05, 0) is 18.9 Å². The predicted molar refractivity (Wildman–Crippen MR) is 72.3 cm³/mol. The Morgan fingerprint density at radius 1 is 1.38 bits per heavy atom. The third kappa shape index (κ3) is 4.14. The second-order valence-corrected chi connectivity index (χ2v) is 4.57. The Labute approximate surface area is 107 Å². The lowest BCUT2D eigenvalue weighted by Crippen LogP contribution is -2.28. The normalized spacial score (nSPS) is 12.4. The molecule has 1 N–H and O–H groups in total. The largest absolute Gasteiger partial charge is 0.496 e. The van der Waals surface area contributed by atoms with Crippen LogP contribution in [0.1, 0.15) is 25.3 Å². The maximum Gasteiger partial charge on any atom is 0.123 e. The first-order chi connectivity index (χ1) is 7.81. The highest BCUT2D eigenvalue weighted by molar-refractivity contribution is 9.09. The van der Waals surface area contributed by atoms with Gasteiger partial charge in [0.1, 0.15) is 5.75 Å². The molecule has 0 radical (unpaired) electrons. The van der Waals surface area contributed by atoms with Gasteiger partial charge in [-0.25, -0.2) is 0 Å². The average molecular weight is 286 g/mol. The molecule has 1 unspecified atom stereocenters. The second-order valence-electron chi connectivity index (χ2n) is 3.78. The number of para-hydroxylation sites is 1. The average Bonchev–Trinajstić information content (AvgIpc) is 2.34. The van der Waals surface area contributed by atoms with Crippen molar-refractivity contribution in [1.29, 1.82) is 0 Å². The summed E-state index contributed by atoms with van der Waals surface area (Å²) in [6.07, 6.45) is 2.31. The highest BCUT2D eigenvalue weighted by atomic mass is 79.9. The van der Waals surface area contributed by atoms with E-state index in [4.69, 9.17) is 4.74 Å². The van der Waals surface area contributed by atoms with E-state index in [1.807, 2.05) is 18.2 Å². The zero-order valence-electron chi connectivity index (χ0n) is 10.0. The van der Waals surface area contributed by atoms with Crippen molar-refractivity contribution in [3.05, 3.63) is 29.8 Å². The molecule has 16 heavy (non-hydrogen) atoms. The highest BCUT2D eigenvalue weighted by Crippen LogP contribution is 2.17. The number of ether oxygens (including phenoxy) is 1. The summed E-state index contributed by atoms with van der Waals surface area (Å²) in [6, 6.07) is 8.72. The van der Waals surface area contributed by atoms with E-state index in [1.165, 1.54) is 5.56 Å². The van der Waals surface area contributed by atoms with Crippen molar-refractivity contribution in [2.75, 3.05) is 12.4 Å². The molecule has 0 saturated heterocycles. The van der Waals surface area contributed by atoms with Gasteiger partial charge in [0, 0.05) is 23.5 Å². The summed E-state index contributed by atoms with van der Waals surface area (Å²) in [6.45, 7) is 3.08. The van der Waals surface area contributed by atoms with E-state index < -0.39 is 0 Å². The van der Waals surface area contributed by atoms with Crippen LogP contribution in [0, 0.1) is 0 Å². The molecule has 0 fully saturated rings. The topological polar surface area (TPSA) is 21.3 Å². The number of alkyl halides is 1. The summed E-state index contributed by atoms with van der Waals surface area (Å²) in [4.78, 5) is 0. The second kappa shape index (κ2) is 7.69. The Morgan fingerprint density at radius 3 is 2.75 bits per heavy atom. The molecule has 0 amide bonds. The fourth-order valence-corrected chi connectivity index (χ4v) is 2.24. The molecule has 0 aliphatic rings. The van der Waals surface area contributed by atoms with Crippen LogP contribution in [0.2, 0.25) is 0 Å². The number of benzene rings is 1. The first-order valence-corrected chi connectivity index (χ1v) is 6.85. The van der Waals surface area contributed by atoms with Gasteiger partial charge >= 0.3 is 0 Å². The van der Waals surface area contributed by atoms with Crippen molar-refractivity contribution in [3.8, 4) is 5.75 Å². The maximum atomic E-state index is 5.32. The molecule has 0 aromatic heterocycles. The molecule has 0 spiro atoms. The highest BCUT2D eigenvalue weighted by Gasteiger charge is 2.06. The lowest BCUT2D eigenvalue weighted by molar-refractivity contribution is 0.403. The number of hydrogen-bond donors (Lipinski definition) is 1. The summed E-state index contributed by atoms with van der Waals surface area (Å²) < 4.78 is 5.32. The van der Waals surface area contributed by atoms with E-state index >= 15 is 0 Å². The summed E-state index contributed by atoms with van der Waals surface area (Å²) >= 11 is 3.48. The summed E-state index contributed by atoms with van der Waals surface area (Å²) in [5, 5.41) is 4.60. The van der Waals surface area contributed by atoms with Crippen molar-refractivity contribution in [2.45, 2.75) is 32.4 Å². The quantitative estimate of drug-likeness (QED) is 0.776. The minimum Gasteiger partial charge on any atom is -0.496 e. The fraction of sp³-hybridized carbons (Fsp3) is 0.538. The van der Waals surface area contributed by atoms with Crippen molar-refractivity contribution in [2.24, 2.45) is 0 Å². The third-order valence-electron chi connectivity index (χ3n) is 2.72. The molecular weight excluding hydrogens is 266 g/mol. The zero-order valence-corrected chi connectivity index (χ0v) is 11.6. The first-order valence-electron chi connectivity index (χ1n) is 5.73. The van der Waals surface area contributed by atoms with Crippen molar-refractivity contribution in [1.82, 2.24) is 5.32 Å². The number of halogens is 1. The van der Waals surface area contributed by atoms with Crippen LogP contribution in [0.5, 0.6) is 5.75 Å². The van der Waals surface area contributed by atoms with Crippen molar-refractivity contribution in [3.63, 3.8) is 0 Å². The monoisotopic (exact) mass is 285 g/mol. The first kappa shape index (κ1) is 13.5. The number of methoxy groups -OCH3 is 1. The van der Waals surface area contributed by atoms with Crippen LogP contribution in [-0.4, -0.2) is 18.5 Å². The minimum absolute atomic E-state index is 0.573. The summed E-state index contributed by atoms with van der Waals surface area (Å²) in [5.41, 5.74) is 1.22. The summed E-state index contributed by atoms with van der Waals surface area (Å²) in [7, 11) is 1.72. The molecule has 0 aliphatic carbocycles. The standard InChI is InChI=1S/C13H20BrNO/c1-3-12(8-9-14)15-10-11-6-4-5-7-13(11)16-2/h4-7,12,15H,3,8-10H2,1-2H3. The molecule has 1 rings (SSSR count). The molecule has 3 heteroatoms. The van der Waals surface area contributed by atoms with Crippen molar-refractivity contribution < 1.29 is 4.74 Å². The van der Waals surface area contributed by atoms with Crippen LogP contribution in [0.15, 0.2) is 24.3 Å². The molecule has 0 heterocycles. The Morgan fingerprint density at radius 2 is 2.12 bits per heavy atom. The molecule has 90 valence electrons. The Hall–Kier alpha value is -0.540. The van der Waals surface area contributed by atoms with Gasteiger partial charge in [-0.15, -0.1) is 0 Å². The van der Waals surface area contributed by atoms with Gasteiger partial charge in [-0.1, -0.05) is 41.1 Å². The van der Waals surface area contributed by atoms with Crippen LogP contribution in [-0.2, 0) is 6.54 Å². The lowest BCUT2D eigenvalue weighted by atomic mass is 10.1. The maximum absolute atomic E-state index is 5.32. The van der Waals surface area contributed by atoms with Crippen LogP contribution < -0.4 is 10.1 Å². The molecule has 0 saturated carbocycles. The Balaban J connectivity index is 2.52. The summed E-state index contributed by atoms with van der Waals surface area (Å²) in [5.74, 6) is 0.962. The molecule has 1 aromatic rings. The van der Waals surface area contributed by atoms with E-state index in [0.717, 1.165) is 30.5 Å². The molecule has 2 nitrogen and oxygen atoms in total. The van der Waals surface area contributed by atoms with Crippen molar-refractivity contribution >= 4 is 15.9 Å². The molecule has 1 aromatic carbocycles. The van der Waals surface area contributed by atoms with E-state index in [2.05, 4.69) is 34.2 Å². The fourth-order valence-electron chi connectivity index (χ4n) is 1.69. The minimum atomic E-state index is 0.573. The SMILES string of the molecule is CCC(CCBr)NCc1ccccc1OC. The van der Waals surface area contributed by atoms with E-state index in [0.29, 0.717) is 6.04 Å². The lowest BCUT2D eigenvalue weighted by Gasteiger charge is -2.16. The smallest absolute Gasteiger partial charge is 0.123 e. The Kier molecular flexibility index (Phi) is 6.50. The number of hydrogen-bond acceptors (Lipinski definition) is 2. The molecule has 0 bridgehead atoms. The van der Waals surface area contributed by atoms with Gasteiger partial charge in [-0.3, -0.25) is 0 Å². The van der Waals surface area contributed by atoms with Crippen LogP contribution in [0.3, 0.4) is 0 Å². The Bertz CT molecular complexity index is 304. The van der Waals surface area contributed by atoms with Gasteiger partial charge < -0.3 is 10.1 Å². The third-order valence-corrected chi connectivity index (χ3v) is 3.18. The van der Waals surface area contributed by atoms with E-state index in [-0.39, 0.29) is 0 Å². The zero-order chi connectivity index (χ0) is 11.8.